The van der Waals surface area contributed by atoms with Gasteiger partial charge in [-0.2, -0.15) is 0 Å². The third-order valence-electron chi connectivity index (χ3n) is 4.48. The molecule has 4 N–H and O–H groups in total. The Bertz CT molecular complexity index is 1300. The molecule has 1 aromatic heterocycles. The van der Waals surface area contributed by atoms with Gasteiger partial charge in [0.2, 0.25) is 10.0 Å². The first-order chi connectivity index (χ1) is 15.5. The van der Waals surface area contributed by atoms with E-state index in [2.05, 4.69) is 10.0 Å². The van der Waals surface area contributed by atoms with Gasteiger partial charge in [0, 0.05) is 28.4 Å². The molecule has 174 valence electrons. The van der Waals surface area contributed by atoms with Crippen LogP contribution in [0.25, 0.3) is 10.4 Å². The highest BCUT2D eigenvalue weighted by Gasteiger charge is 2.23. The van der Waals surface area contributed by atoms with Crippen molar-refractivity contribution in [2.24, 2.45) is 0 Å². The first kappa shape index (κ1) is 24.1. The van der Waals surface area contributed by atoms with Crippen LogP contribution in [0.15, 0.2) is 48.5 Å². The summed E-state index contributed by atoms with van der Waals surface area (Å²) >= 11 is 1.02. The molecule has 0 fully saturated rings. The number of hydrogen-bond acceptors (Lipinski definition) is 7. The second kappa shape index (κ2) is 9.92. The Morgan fingerprint density at radius 3 is 2.42 bits per heavy atom. The van der Waals surface area contributed by atoms with Crippen LogP contribution in [-0.4, -0.2) is 43.4 Å². The summed E-state index contributed by atoms with van der Waals surface area (Å²) in [7, 11) is -3.37. The zero-order valence-electron chi connectivity index (χ0n) is 17.8. The number of nitrogens with one attached hydrogen (secondary N) is 2. The van der Waals surface area contributed by atoms with Crippen LogP contribution in [0.1, 0.15) is 20.8 Å². The van der Waals surface area contributed by atoms with Crippen LogP contribution in [0.5, 0.6) is 5.75 Å². The maximum absolute atomic E-state index is 11.6. The van der Waals surface area contributed by atoms with E-state index in [1.807, 2.05) is 30.3 Å². The summed E-state index contributed by atoms with van der Waals surface area (Å²) in [6.45, 7) is 1.49. The molecule has 0 radical (unpaired) electrons. The fourth-order valence-electron chi connectivity index (χ4n) is 3.16. The fraction of sp³-hybridized carbons (Fsp3) is 0.182. The summed E-state index contributed by atoms with van der Waals surface area (Å²) in [5, 5.41) is 21.6. The Kier molecular flexibility index (Phi) is 7.24. The van der Waals surface area contributed by atoms with Gasteiger partial charge in [-0.05, 0) is 42.3 Å². The molecule has 0 amide bonds. The Labute approximate surface area is 194 Å². The second-order valence-electron chi connectivity index (χ2n) is 7.21. The minimum Gasteiger partial charge on any atom is -0.480 e. The van der Waals surface area contributed by atoms with Gasteiger partial charge in [-0.25, -0.2) is 18.0 Å². The third-order valence-corrected chi connectivity index (χ3v) is 6.39. The smallest absolute Gasteiger partial charge is 0.349 e. The molecule has 0 aliphatic rings. The van der Waals surface area contributed by atoms with Gasteiger partial charge >= 0.3 is 11.9 Å². The number of rotatable bonds is 10. The van der Waals surface area contributed by atoms with Gasteiger partial charge in [-0.3, -0.25) is 4.72 Å². The zero-order chi connectivity index (χ0) is 24.2. The molecule has 9 nitrogen and oxygen atoms in total. The highest BCUT2D eigenvalue weighted by Crippen LogP contribution is 2.42. The average molecular weight is 491 g/mol. The number of benzene rings is 2. The van der Waals surface area contributed by atoms with Gasteiger partial charge < -0.3 is 20.3 Å². The Morgan fingerprint density at radius 1 is 1.06 bits per heavy atom. The Hall–Kier alpha value is -3.57. The van der Waals surface area contributed by atoms with Crippen molar-refractivity contribution in [3.63, 3.8) is 0 Å². The number of aliphatic carboxylic acids is 1. The van der Waals surface area contributed by atoms with E-state index in [4.69, 9.17) is 9.84 Å². The number of thiophene rings is 1. The molecule has 0 aliphatic heterocycles. The third kappa shape index (κ3) is 6.46. The van der Waals surface area contributed by atoms with Gasteiger partial charge in [0.25, 0.3) is 0 Å². The number of ether oxygens (including phenoxy) is 1. The molecule has 0 saturated carbocycles. The minimum absolute atomic E-state index is 0.0541. The largest absolute Gasteiger partial charge is 0.480 e. The van der Waals surface area contributed by atoms with Gasteiger partial charge in [0.15, 0.2) is 11.5 Å². The van der Waals surface area contributed by atoms with Crippen molar-refractivity contribution >= 4 is 44.7 Å². The minimum atomic E-state index is -3.37. The fourth-order valence-corrected chi connectivity index (χ4v) is 4.80. The molecule has 11 heteroatoms. The molecular formula is C22H22N2O7S2. The SMILES string of the molecule is Cc1c(-c2cccc(NCc3cccc(NS(C)(=O)=O)c3)c2)sc(C(=O)O)c1OCC(=O)O. The lowest BCUT2D eigenvalue weighted by Crippen LogP contribution is -2.11. The monoisotopic (exact) mass is 490 g/mol. The van der Waals surface area contributed by atoms with Crippen LogP contribution >= 0.6 is 11.3 Å². The van der Waals surface area contributed by atoms with Crippen molar-refractivity contribution in [2.75, 3.05) is 22.9 Å². The summed E-state index contributed by atoms with van der Waals surface area (Å²) in [5.74, 6) is -2.33. The second-order valence-corrected chi connectivity index (χ2v) is 9.98. The summed E-state index contributed by atoms with van der Waals surface area (Å²) in [5.41, 5.74) is 3.40. The van der Waals surface area contributed by atoms with Gasteiger partial charge in [0.1, 0.15) is 5.75 Å². The summed E-state index contributed by atoms with van der Waals surface area (Å²) < 4.78 is 30.5. The van der Waals surface area contributed by atoms with Crippen molar-refractivity contribution in [2.45, 2.75) is 13.5 Å². The van der Waals surface area contributed by atoms with Crippen molar-refractivity contribution in [3.05, 3.63) is 64.5 Å². The molecule has 3 aromatic rings. The van der Waals surface area contributed by atoms with E-state index in [0.29, 0.717) is 22.7 Å². The van der Waals surface area contributed by atoms with Crippen LogP contribution < -0.4 is 14.8 Å². The van der Waals surface area contributed by atoms with Crippen molar-refractivity contribution < 1.29 is 33.0 Å². The molecule has 2 aromatic carbocycles. The highest BCUT2D eigenvalue weighted by molar-refractivity contribution is 7.92. The molecule has 3 rings (SSSR count). The number of aromatic carboxylic acids is 1. The van der Waals surface area contributed by atoms with E-state index < -0.39 is 28.6 Å². The maximum Gasteiger partial charge on any atom is 0.349 e. The number of anilines is 2. The molecule has 0 atom stereocenters. The van der Waals surface area contributed by atoms with E-state index in [-0.39, 0.29) is 10.6 Å². The highest BCUT2D eigenvalue weighted by atomic mass is 32.2. The first-order valence-electron chi connectivity index (χ1n) is 9.66. The van der Waals surface area contributed by atoms with E-state index in [1.54, 1.807) is 25.1 Å². The maximum atomic E-state index is 11.6. The lowest BCUT2D eigenvalue weighted by molar-refractivity contribution is -0.139. The van der Waals surface area contributed by atoms with Crippen molar-refractivity contribution in [1.82, 2.24) is 0 Å². The lowest BCUT2D eigenvalue weighted by atomic mass is 10.1. The van der Waals surface area contributed by atoms with Gasteiger partial charge in [-0.15, -0.1) is 11.3 Å². The number of carboxylic acids is 2. The number of carbonyl (C=O) groups is 2. The van der Waals surface area contributed by atoms with Crippen LogP contribution in [0.4, 0.5) is 11.4 Å². The van der Waals surface area contributed by atoms with Crippen LogP contribution in [0, 0.1) is 6.92 Å². The van der Waals surface area contributed by atoms with E-state index in [9.17, 15) is 23.1 Å². The molecule has 33 heavy (non-hydrogen) atoms. The average Bonchev–Trinajstić information content (AvgIpc) is 3.06. The summed E-state index contributed by atoms with van der Waals surface area (Å²) in [6.07, 6.45) is 1.09. The lowest BCUT2D eigenvalue weighted by Gasteiger charge is -2.10. The van der Waals surface area contributed by atoms with Crippen molar-refractivity contribution in [3.8, 4) is 16.2 Å². The topological polar surface area (TPSA) is 142 Å². The van der Waals surface area contributed by atoms with Crippen molar-refractivity contribution in [1.29, 1.82) is 0 Å². The van der Waals surface area contributed by atoms with E-state index in [0.717, 1.165) is 34.4 Å². The van der Waals surface area contributed by atoms with Crippen LogP contribution in [0.3, 0.4) is 0 Å². The standard InChI is InChI=1S/C22H22N2O7S2/c1-13-19(31-12-18(25)26)21(22(27)28)32-20(13)15-6-4-7-16(10-15)23-11-14-5-3-8-17(9-14)24-33(2,29)30/h3-10,23-24H,11-12H2,1-2H3,(H,25,26)(H,27,28). The Morgan fingerprint density at radius 2 is 1.76 bits per heavy atom. The zero-order valence-corrected chi connectivity index (χ0v) is 19.4. The number of hydrogen-bond donors (Lipinski definition) is 4. The molecule has 0 saturated heterocycles. The summed E-state index contributed by atoms with van der Waals surface area (Å²) in [6, 6.07) is 14.3. The molecular weight excluding hydrogens is 468 g/mol. The van der Waals surface area contributed by atoms with E-state index in [1.165, 1.54) is 0 Å². The summed E-state index contributed by atoms with van der Waals surface area (Å²) in [4.78, 5) is 23.1. The van der Waals surface area contributed by atoms with Gasteiger partial charge in [-0.1, -0.05) is 24.3 Å². The van der Waals surface area contributed by atoms with Gasteiger partial charge in [0.05, 0.1) is 6.26 Å². The predicted octanol–water partition coefficient (Wildman–Crippen LogP) is 3.87. The number of carboxylic acid groups (broad SMARTS) is 2. The Balaban J connectivity index is 1.82. The molecule has 0 bridgehead atoms. The van der Waals surface area contributed by atoms with Crippen LogP contribution in [-0.2, 0) is 21.4 Å². The molecule has 0 aliphatic carbocycles. The molecule has 0 spiro atoms. The predicted molar refractivity (Wildman–Crippen MR) is 127 cm³/mol. The normalized spacial score (nSPS) is 11.1. The van der Waals surface area contributed by atoms with Crippen LogP contribution in [0.2, 0.25) is 0 Å². The molecule has 1 heterocycles. The molecule has 0 unspecified atom stereocenters. The number of sulfonamides is 1. The van der Waals surface area contributed by atoms with E-state index >= 15 is 0 Å². The first-order valence-corrected chi connectivity index (χ1v) is 12.4. The quantitative estimate of drug-likeness (QED) is 0.336.